The van der Waals surface area contributed by atoms with Gasteiger partial charge < -0.3 is 4.90 Å². The zero-order valence-corrected chi connectivity index (χ0v) is 26.0. The lowest BCUT2D eigenvalue weighted by Crippen LogP contribution is -2.15. The fourth-order valence-electron chi connectivity index (χ4n) is 7.69. The van der Waals surface area contributed by atoms with Crippen LogP contribution < -0.4 is 4.90 Å². The zero-order chi connectivity index (χ0) is 30.8. The molecule has 46 heavy (non-hydrogen) atoms. The Morgan fingerprint density at radius 2 is 1.00 bits per heavy atom. The van der Waals surface area contributed by atoms with Crippen molar-refractivity contribution < 1.29 is 0 Å². The lowest BCUT2D eigenvalue weighted by atomic mass is 9.82. The molecular weight excluding hydrogens is 555 g/mol. The molecule has 0 unspecified atom stereocenters. The zero-order valence-electron chi connectivity index (χ0n) is 26.0. The van der Waals surface area contributed by atoms with Gasteiger partial charge in [-0.3, -0.25) is 0 Å². The average molecular weight is 588 g/mol. The predicted molar refractivity (Wildman–Crippen MR) is 197 cm³/mol. The molecule has 1 aliphatic rings. The fourth-order valence-corrected chi connectivity index (χ4v) is 7.69. The van der Waals surface area contributed by atoms with Crippen LogP contribution in [0.3, 0.4) is 0 Å². The second kappa shape index (κ2) is 10.2. The van der Waals surface area contributed by atoms with E-state index in [1.807, 2.05) is 0 Å². The minimum atomic E-state index is -0.0110. The van der Waals surface area contributed by atoms with Gasteiger partial charge in [-0.2, -0.15) is 0 Å². The quantitative estimate of drug-likeness (QED) is 0.185. The summed E-state index contributed by atoms with van der Waals surface area (Å²) < 4.78 is 0. The molecule has 218 valence electrons. The van der Waals surface area contributed by atoms with Crippen molar-refractivity contribution in [2.75, 3.05) is 4.90 Å². The van der Waals surface area contributed by atoms with Crippen molar-refractivity contribution in [3.8, 4) is 22.3 Å². The third-order valence-electron chi connectivity index (χ3n) is 10.0. The Kier molecular flexibility index (Phi) is 5.92. The summed E-state index contributed by atoms with van der Waals surface area (Å²) >= 11 is 0. The summed E-state index contributed by atoms with van der Waals surface area (Å²) in [7, 11) is 0. The SMILES string of the molecule is CC1(C)c2ccccc2-c2cc(N(c3ccccc3)c3ccc(-c4ccc5c(ccc6ccc7ccccc7c65)c4)cc3)ccc21. The third-order valence-corrected chi connectivity index (χ3v) is 10.0. The fraction of sp³-hybridized carbons (Fsp3) is 0.0667. The van der Waals surface area contributed by atoms with Crippen LogP contribution in [0.1, 0.15) is 25.0 Å². The number of hydrogen-bond acceptors (Lipinski definition) is 1. The van der Waals surface area contributed by atoms with E-state index in [-0.39, 0.29) is 5.41 Å². The topological polar surface area (TPSA) is 3.24 Å². The highest BCUT2D eigenvalue weighted by atomic mass is 15.1. The number of nitrogens with zero attached hydrogens (tertiary/aromatic N) is 1. The minimum Gasteiger partial charge on any atom is -0.310 e. The van der Waals surface area contributed by atoms with E-state index in [9.17, 15) is 0 Å². The van der Waals surface area contributed by atoms with Gasteiger partial charge in [0.2, 0.25) is 0 Å². The number of hydrogen-bond donors (Lipinski definition) is 0. The van der Waals surface area contributed by atoms with Crippen LogP contribution in [0.15, 0.2) is 164 Å². The van der Waals surface area contributed by atoms with Gasteiger partial charge in [0.05, 0.1) is 0 Å². The molecule has 0 radical (unpaired) electrons. The van der Waals surface area contributed by atoms with Crippen LogP contribution in [0, 0.1) is 0 Å². The van der Waals surface area contributed by atoms with Crippen LogP contribution >= 0.6 is 0 Å². The Bertz CT molecular complexity index is 2430. The van der Waals surface area contributed by atoms with Crippen LogP contribution in [-0.4, -0.2) is 0 Å². The van der Waals surface area contributed by atoms with Crippen LogP contribution in [-0.2, 0) is 5.41 Å². The normalized spacial score (nSPS) is 13.2. The maximum atomic E-state index is 2.38. The monoisotopic (exact) mass is 587 g/mol. The molecule has 1 aliphatic carbocycles. The van der Waals surface area contributed by atoms with Crippen molar-refractivity contribution in [1.82, 2.24) is 0 Å². The Balaban J connectivity index is 1.13. The molecule has 0 atom stereocenters. The highest BCUT2D eigenvalue weighted by Crippen LogP contribution is 2.50. The summed E-state index contributed by atoms with van der Waals surface area (Å²) in [6, 6.07) is 60.1. The van der Waals surface area contributed by atoms with Crippen molar-refractivity contribution in [3.63, 3.8) is 0 Å². The number of benzene rings is 8. The van der Waals surface area contributed by atoms with E-state index in [1.54, 1.807) is 0 Å². The molecule has 1 nitrogen and oxygen atoms in total. The smallest absolute Gasteiger partial charge is 0.0468 e. The van der Waals surface area contributed by atoms with Crippen molar-refractivity contribution in [3.05, 3.63) is 175 Å². The van der Waals surface area contributed by atoms with Crippen LogP contribution in [0.4, 0.5) is 17.1 Å². The molecule has 8 aromatic carbocycles. The molecule has 0 fully saturated rings. The first-order valence-electron chi connectivity index (χ1n) is 16.1. The molecule has 0 saturated heterocycles. The van der Waals surface area contributed by atoms with Gasteiger partial charge in [0, 0.05) is 22.5 Å². The summed E-state index contributed by atoms with van der Waals surface area (Å²) in [5.41, 5.74) is 11.3. The summed E-state index contributed by atoms with van der Waals surface area (Å²) in [5, 5.41) is 7.76. The number of rotatable bonds is 4. The van der Waals surface area contributed by atoms with Gasteiger partial charge in [0.1, 0.15) is 0 Å². The molecule has 0 saturated carbocycles. The average Bonchev–Trinajstić information content (AvgIpc) is 3.34. The highest BCUT2D eigenvalue weighted by molar-refractivity contribution is 6.20. The first kappa shape index (κ1) is 26.7. The van der Waals surface area contributed by atoms with E-state index in [4.69, 9.17) is 0 Å². The number of fused-ring (bicyclic) bond motifs is 8. The second-order valence-corrected chi connectivity index (χ2v) is 13.0. The van der Waals surface area contributed by atoms with Crippen molar-refractivity contribution in [2.45, 2.75) is 19.3 Å². The van der Waals surface area contributed by atoms with E-state index >= 15 is 0 Å². The van der Waals surface area contributed by atoms with Gasteiger partial charge >= 0.3 is 0 Å². The van der Waals surface area contributed by atoms with Gasteiger partial charge in [-0.25, -0.2) is 0 Å². The first-order chi connectivity index (χ1) is 22.6. The molecule has 0 heterocycles. The predicted octanol–water partition coefficient (Wildman–Crippen LogP) is 12.6. The summed E-state index contributed by atoms with van der Waals surface area (Å²) in [5.74, 6) is 0. The van der Waals surface area contributed by atoms with Crippen LogP contribution in [0.25, 0.3) is 54.6 Å². The maximum Gasteiger partial charge on any atom is 0.0468 e. The lowest BCUT2D eigenvalue weighted by molar-refractivity contribution is 0.660. The molecule has 0 bridgehead atoms. The molecule has 0 spiro atoms. The van der Waals surface area contributed by atoms with Crippen LogP contribution in [0.5, 0.6) is 0 Å². The van der Waals surface area contributed by atoms with E-state index in [0.717, 1.165) is 17.1 Å². The molecule has 0 aliphatic heterocycles. The summed E-state index contributed by atoms with van der Waals surface area (Å²) in [6.07, 6.45) is 0. The Morgan fingerprint density at radius 3 is 1.85 bits per heavy atom. The molecule has 8 aromatic rings. The van der Waals surface area contributed by atoms with E-state index in [1.165, 1.54) is 65.7 Å². The van der Waals surface area contributed by atoms with Gasteiger partial charge in [-0.1, -0.05) is 135 Å². The molecule has 9 rings (SSSR count). The summed E-state index contributed by atoms with van der Waals surface area (Å²) in [6.45, 7) is 4.67. The minimum absolute atomic E-state index is 0.0110. The van der Waals surface area contributed by atoms with Crippen LogP contribution in [0.2, 0.25) is 0 Å². The molecule has 1 heteroatoms. The first-order valence-corrected chi connectivity index (χ1v) is 16.1. The standard InChI is InChI=1S/C45H33N/c1-45(2)42-15-9-8-14-40(42)41-29-37(25-27-43(41)45)46(35-11-4-3-5-12-35)36-23-20-30(21-24-36)33-22-26-39-34(28-33)19-18-32-17-16-31-10-6-7-13-38(31)44(32)39/h3-29H,1-2H3. The molecule has 0 aromatic heterocycles. The maximum absolute atomic E-state index is 2.38. The highest BCUT2D eigenvalue weighted by Gasteiger charge is 2.35. The molecule has 0 N–H and O–H groups in total. The Labute approximate surface area is 270 Å². The van der Waals surface area contributed by atoms with Crippen molar-refractivity contribution in [2.24, 2.45) is 0 Å². The van der Waals surface area contributed by atoms with Gasteiger partial charge in [0.25, 0.3) is 0 Å². The van der Waals surface area contributed by atoms with Crippen molar-refractivity contribution >= 4 is 49.4 Å². The van der Waals surface area contributed by atoms with E-state index in [0.29, 0.717) is 0 Å². The van der Waals surface area contributed by atoms with Gasteiger partial charge in [0.15, 0.2) is 0 Å². The number of anilines is 3. The Morgan fingerprint density at radius 1 is 0.391 bits per heavy atom. The van der Waals surface area contributed by atoms with Gasteiger partial charge in [-0.15, -0.1) is 0 Å². The van der Waals surface area contributed by atoms with E-state index < -0.39 is 0 Å². The molecular formula is C45H33N. The summed E-state index contributed by atoms with van der Waals surface area (Å²) in [4.78, 5) is 2.37. The van der Waals surface area contributed by atoms with E-state index in [2.05, 4.69) is 183 Å². The second-order valence-electron chi connectivity index (χ2n) is 13.0. The molecule has 0 amide bonds. The number of para-hydroxylation sites is 1. The van der Waals surface area contributed by atoms with Crippen molar-refractivity contribution in [1.29, 1.82) is 0 Å². The largest absolute Gasteiger partial charge is 0.310 e. The third kappa shape index (κ3) is 4.09. The lowest BCUT2D eigenvalue weighted by Gasteiger charge is -2.27. The van der Waals surface area contributed by atoms with Gasteiger partial charge in [-0.05, 0) is 108 Å². The Hall–Kier alpha value is -5.66.